The fourth-order valence-electron chi connectivity index (χ4n) is 1.68. The van der Waals surface area contributed by atoms with Gasteiger partial charge in [0.2, 0.25) is 0 Å². The van der Waals surface area contributed by atoms with Crippen molar-refractivity contribution in [2.45, 2.75) is 38.7 Å². The number of halogens is 3. The van der Waals surface area contributed by atoms with Crippen molar-refractivity contribution in [1.82, 2.24) is 4.98 Å². The molecule has 0 aliphatic heterocycles. The van der Waals surface area contributed by atoms with Gasteiger partial charge in [-0.3, -0.25) is 0 Å². The number of nitrogens with zero attached hydrogens (tertiary/aromatic N) is 1. The summed E-state index contributed by atoms with van der Waals surface area (Å²) in [6, 6.07) is 3.94. The van der Waals surface area contributed by atoms with Gasteiger partial charge < -0.3 is 4.74 Å². The molecule has 114 valence electrons. The number of hydrogen-bond donors (Lipinski definition) is 0. The molecule has 0 N–H and O–H groups in total. The van der Waals surface area contributed by atoms with E-state index in [1.807, 2.05) is 12.1 Å². The summed E-state index contributed by atoms with van der Waals surface area (Å²) in [5, 5.41) is 3.07. The van der Waals surface area contributed by atoms with E-state index < -0.39 is 0 Å². The summed E-state index contributed by atoms with van der Waals surface area (Å²) >= 11 is 14.5. The SMILES string of the molecule is CC(C)(C)c1csc(COc2c(Br)cc(CCl)cc2Br)n1. The highest BCUT2D eigenvalue weighted by Gasteiger charge is 2.18. The molecule has 2 aromatic rings. The molecule has 1 aromatic heterocycles. The highest BCUT2D eigenvalue weighted by Crippen LogP contribution is 2.36. The number of ether oxygens (including phenoxy) is 1. The molecule has 21 heavy (non-hydrogen) atoms. The molecule has 1 heterocycles. The van der Waals surface area contributed by atoms with Gasteiger partial charge in [0.25, 0.3) is 0 Å². The Morgan fingerprint density at radius 2 is 1.86 bits per heavy atom. The largest absolute Gasteiger partial charge is 0.484 e. The Hall–Kier alpha value is -0.100. The van der Waals surface area contributed by atoms with Crippen LogP contribution >= 0.6 is 54.8 Å². The average Bonchev–Trinajstić information content (AvgIpc) is 2.86. The standard InChI is InChI=1S/C15H16Br2ClNOS/c1-15(2,3)12-8-21-13(19-12)7-20-14-10(16)4-9(6-18)5-11(14)17/h4-5,8H,6-7H2,1-3H3. The second-order valence-electron chi connectivity index (χ2n) is 5.69. The number of aromatic nitrogens is 1. The minimum Gasteiger partial charge on any atom is -0.484 e. The molecular formula is C15H16Br2ClNOS. The number of rotatable bonds is 4. The summed E-state index contributed by atoms with van der Waals surface area (Å²) in [4.78, 5) is 4.63. The van der Waals surface area contributed by atoms with Crippen LogP contribution in [-0.4, -0.2) is 4.98 Å². The third-order valence-electron chi connectivity index (χ3n) is 2.87. The van der Waals surface area contributed by atoms with Crippen molar-refractivity contribution < 1.29 is 4.74 Å². The highest BCUT2D eigenvalue weighted by atomic mass is 79.9. The monoisotopic (exact) mass is 451 g/mol. The van der Waals surface area contributed by atoms with Gasteiger partial charge in [-0.1, -0.05) is 20.8 Å². The summed E-state index contributed by atoms with van der Waals surface area (Å²) in [6.45, 7) is 6.93. The predicted molar refractivity (Wildman–Crippen MR) is 96.5 cm³/mol. The lowest BCUT2D eigenvalue weighted by molar-refractivity contribution is 0.301. The molecule has 0 aliphatic rings. The zero-order chi connectivity index (χ0) is 15.6. The van der Waals surface area contributed by atoms with Gasteiger partial charge >= 0.3 is 0 Å². The first-order chi connectivity index (χ1) is 9.81. The summed E-state index contributed by atoms with van der Waals surface area (Å²) in [5.41, 5.74) is 2.20. The first-order valence-corrected chi connectivity index (χ1v) is 9.43. The Labute approximate surface area is 151 Å². The molecule has 0 spiro atoms. The maximum atomic E-state index is 5.89. The normalized spacial score (nSPS) is 11.7. The van der Waals surface area contributed by atoms with Gasteiger partial charge in [-0.2, -0.15) is 0 Å². The second-order valence-corrected chi connectivity index (χ2v) is 8.61. The Kier molecular flexibility index (Phi) is 5.74. The van der Waals surface area contributed by atoms with E-state index in [4.69, 9.17) is 16.3 Å². The van der Waals surface area contributed by atoms with Crippen LogP contribution in [0.15, 0.2) is 26.5 Å². The van der Waals surface area contributed by atoms with Crippen LogP contribution in [0.4, 0.5) is 0 Å². The van der Waals surface area contributed by atoms with E-state index >= 15 is 0 Å². The van der Waals surface area contributed by atoms with Crippen molar-refractivity contribution in [1.29, 1.82) is 0 Å². The van der Waals surface area contributed by atoms with Gasteiger partial charge in [0, 0.05) is 16.7 Å². The lowest BCUT2D eigenvalue weighted by Crippen LogP contribution is -2.11. The molecule has 2 rings (SSSR count). The van der Waals surface area contributed by atoms with Crippen LogP contribution in [0.1, 0.15) is 37.0 Å². The van der Waals surface area contributed by atoms with Crippen molar-refractivity contribution >= 4 is 54.8 Å². The molecule has 0 saturated carbocycles. The third kappa shape index (κ3) is 4.44. The van der Waals surface area contributed by atoms with Crippen molar-refractivity contribution in [3.63, 3.8) is 0 Å². The number of alkyl halides is 1. The van der Waals surface area contributed by atoms with Crippen LogP contribution < -0.4 is 4.74 Å². The van der Waals surface area contributed by atoms with Crippen LogP contribution in [0.5, 0.6) is 5.75 Å². The molecule has 0 atom stereocenters. The summed E-state index contributed by atoms with van der Waals surface area (Å²) < 4.78 is 7.67. The number of hydrogen-bond acceptors (Lipinski definition) is 3. The number of thiazole rings is 1. The lowest BCUT2D eigenvalue weighted by Gasteiger charge is -2.14. The van der Waals surface area contributed by atoms with E-state index in [9.17, 15) is 0 Å². The molecule has 0 radical (unpaired) electrons. The number of benzene rings is 1. The van der Waals surface area contributed by atoms with Gasteiger partial charge in [-0.25, -0.2) is 4.98 Å². The molecule has 1 aromatic carbocycles. The van der Waals surface area contributed by atoms with Gasteiger partial charge in [0.15, 0.2) is 0 Å². The molecule has 0 aliphatic carbocycles. The van der Waals surface area contributed by atoms with E-state index in [2.05, 4.69) is 63.0 Å². The second kappa shape index (κ2) is 6.99. The molecule has 0 fully saturated rings. The van der Waals surface area contributed by atoms with Crippen LogP contribution in [-0.2, 0) is 17.9 Å². The van der Waals surface area contributed by atoms with E-state index in [-0.39, 0.29) is 5.41 Å². The van der Waals surface area contributed by atoms with E-state index in [1.165, 1.54) is 0 Å². The minimum absolute atomic E-state index is 0.0674. The van der Waals surface area contributed by atoms with Crippen molar-refractivity contribution in [3.05, 3.63) is 42.7 Å². The van der Waals surface area contributed by atoms with Crippen molar-refractivity contribution in [2.75, 3.05) is 0 Å². The zero-order valence-electron chi connectivity index (χ0n) is 12.0. The first kappa shape index (κ1) is 17.3. The Balaban J connectivity index is 2.12. The molecule has 6 heteroatoms. The topological polar surface area (TPSA) is 22.1 Å². The first-order valence-electron chi connectivity index (χ1n) is 6.43. The molecule has 2 nitrogen and oxygen atoms in total. The maximum Gasteiger partial charge on any atom is 0.148 e. The Morgan fingerprint density at radius 3 is 2.33 bits per heavy atom. The lowest BCUT2D eigenvalue weighted by atomic mass is 9.93. The van der Waals surface area contributed by atoms with Gasteiger partial charge in [0.1, 0.15) is 17.4 Å². The molecule has 0 saturated heterocycles. The zero-order valence-corrected chi connectivity index (χ0v) is 16.8. The summed E-state index contributed by atoms with van der Waals surface area (Å²) in [7, 11) is 0. The Bertz CT molecular complexity index is 614. The van der Waals surface area contributed by atoms with Crippen LogP contribution in [0, 0.1) is 0 Å². The van der Waals surface area contributed by atoms with Crippen LogP contribution in [0.2, 0.25) is 0 Å². The fraction of sp³-hybridized carbons (Fsp3) is 0.400. The van der Waals surface area contributed by atoms with Gasteiger partial charge in [-0.05, 0) is 49.6 Å². The van der Waals surface area contributed by atoms with Crippen LogP contribution in [0.25, 0.3) is 0 Å². The Morgan fingerprint density at radius 1 is 1.24 bits per heavy atom. The van der Waals surface area contributed by atoms with E-state index in [1.54, 1.807) is 11.3 Å². The molecular weight excluding hydrogens is 437 g/mol. The average molecular weight is 454 g/mol. The van der Waals surface area contributed by atoms with Crippen molar-refractivity contribution in [3.8, 4) is 5.75 Å². The van der Waals surface area contributed by atoms with Gasteiger partial charge in [0.05, 0.1) is 14.6 Å². The summed E-state index contributed by atoms with van der Waals surface area (Å²) in [5.74, 6) is 1.25. The fourth-order valence-corrected chi connectivity index (χ4v) is 4.28. The van der Waals surface area contributed by atoms with E-state index in [0.29, 0.717) is 12.5 Å². The quantitative estimate of drug-likeness (QED) is 0.508. The molecule has 0 bridgehead atoms. The van der Waals surface area contributed by atoms with Crippen molar-refractivity contribution in [2.24, 2.45) is 0 Å². The highest BCUT2D eigenvalue weighted by molar-refractivity contribution is 9.11. The maximum absolute atomic E-state index is 5.89. The smallest absolute Gasteiger partial charge is 0.148 e. The summed E-state index contributed by atoms with van der Waals surface area (Å²) in [6.07, 6.45) is 0. The molecule has 0 unspecified atom stereocenters. The van der Waals surface area contributed by atoms with E-state index in [0.717, 1.165) is 31.0 Å². The van der Waals surface area contributed by atoms with Gasteiger partial charge in [-0.15, -0.1) is 22.9 Å². The predicted octanol–water partition coefficient (Wildman–Crippen LogP) is 6.28. The third-order valence-corrected chi connectivity index (χ3v) is 5.18. The van der Waals surface area contributed by atoms with Crippen LogP contribution in [0.3, 0.4) is 0 Å². The molecule has 0 amide bonds. The minimum atomic E-state index is 0.0674.